The van der Waals surface area contributed by atoms with E-state index in [1.165, 1.54) is 0 Å². The number of pyridine rings is 1. The van der Waals surface area contributed by atoms with Crippen molar-refractivity contribution in [1.29, 1.82) is 0 Å². The first-order chi connectivity index (χ1) is 15.4. The van der Waals surface area contributed by atoms with Gasteiger partial charge in [-0.2, -0.15) is 5.10 Å². The lowest BCUT2D eigenvalue weighted by Crippen LogP contribution is -2.41. The molecule has 3 N–H and O–H groups in total. The predicted molar refractivity (Wildman–Crippen MR) is 126 cm³/mol. The average Bonchev–Trinajstić information content (AvgIpc) is 3.41. The minimum Gasteiger partial charge on any atom is -0.383 e. The van der Waals surface area contributed by atoms with Gasteiger partial charge in [0.05, 0.1) is 30.5 Å². The molecule has 4 rings (SSSR count). The Kier molecular flexibility index (Phi) is 6.37. The largest absolute Gasteiger partial charge is 0.383 e. The minimum absolute atomic E-state index is 0.0388. The molecule has 2 aromatic heterocycles. The van der Waals surface area contributed by atoms with Gasteiger partial charge in [-0.3, -0.25) is 9.48 Å². The molecule has 2 atom stereocenters. The first kappa shape index (κ1) is 21.8. The molecular formula is C25H29N5O2. The highest BCUT2D eigenvalue weighted by atomic mass is 16.5. The number of amides is 1. The molecule has 166 valence electrons. The smallest absolute Gasteiger partial charge is 0.255 e. The molecule has 0 bridgehead atoms. The van der Waals surface area contributed by atoms with Gasteiger partial charge in [-0.25, -0.2) is 4.98 Å². The summed E-state index contributed by atoms with van der Waals surface area (Å²) in [5.74, 6) is -0.0206. The van der Waals surface area contributed by atoms with Gasteiger partial charge in [0.1, 0.15) is 5.82 Å². The van der Waals surface area contributed by atoms with Crippen molar-refractivity contribution in [2.24, 2.45) is 7.05 Å². The molecule has 3 aromatic rings. The fourth-order valence-corrected chi connectivity index (χ4v) is 4.05. The van der Waals surface area contributed by atoms with E-state index in [9.17, 15) is 4.79 Å². The number of nitrogens with zero attached hydrogens (tertiary/aromatic N) is 3. The fourth-order valence-electron chi connectivity index (χ4n) is 4.05. The molecule has 0 aliphatic heterocycles. The average molecular weight is 432 g/mol. The Labute approximate surface area is 188 Å². The van der Waals surface area contributed by atoms with Crippen LogP contribution in [0.25, 0.3) is 16.7 Å². The molecule has 0 unspecified atom stereocenters. The third kappa shape index (κ3) is 4.89. The fraction of sp³-hybridized carbons (Fsp3) is 0.320. The summed E-state index contributed by atoms with van der Waals surface area (Å²) in [7, 11) is 1.84. The summed E-state index contributed by atoms with van der Waals surface area (Å²) in [5.41, 5.74) is 11.3. The molecular weight excluding hydrogens is 402 g/mol. The minimum atomic E-state index is -0.231. The van der Waals surface area contributed by atoms with Crippen LogP contribution in [0.1, 0.15) is 47.7 Å². The molecule has 1 aromatic carbocycles. The summed E-state index contributed by atoms with van der Waals surface area (Å²) >= 11 is 0. The molecule has 7 nitrogen and oxygen atoms in total. The summed E-state index contributed by atoms with van der Waals surface area (Å²) in [5, 5.41) is 7.30. The number of ether oxygens (including phenoxy) is 1. The van der Waals surface area contributed by atoms with Crippen LogP contribution in [0.4, 0.5) is 5.82 Å². The molecule has 1 fully saturated rings. The Morgan fingerprint density at radius 2 is 2.12 bits per heavy atom. The van der Waals surface area contributed by atoms with E-state index < -0.39 is 0 Å². The molecule has 32 heavy (non-hydrogen) atoms. The number of carbonyl (C=O) groups excluding carboxylic acids is 1. The number of benzene rings is 1. The lowest BCUT2D eigenvalue weighted by Gasteiger charge is -2.22. The van der Waals surface area contributed by atoms with E-state index in [0.717, 1.165) is 47.1 Å². The zero-order valence-corrected chi connectivity index (χ0v) is 18.5. The molecule has 1 saturated carbocycles. The Hall–Kier alpha value is -3.45. The van der Waals surface area contributed by atoms with E-state index in [0.29, 0.717) is 12.2 Å². The van der Waals surface area contributed by atoms with Gasteiger partial charge in [-0.15, -0.1) is 0 Å². The van der Waals surface area contributed by atoms with Gasteiger partial charge >= 0.3 is 0 Å². The highest BCUT2D eigenvalue weighted by molar-refractivity contribution is 5.99. The molecule has 0 radical (unpaired) electrons. The number of aryl methyl sites for hydroxylation is 1. The van der Waals surface area contributed by atoms with Crippen LogP contribution in [0, 0.1) is 0 Å². The van der Waals surface area contributed by atoms with Crippen LogP contribution in [0.5, 0.6) is 0 Å². The Morgan fingerprint density at radius 3 is 2.88 bits per heavy atom. The SMILES string of the molecule is C=C(C)c1cccc(CO[C@H]2CCC[C@@H]2NC(=O)c2cc(-c3cnn(C)c3)cnc2N)c1. The number of hydrogen-bond acceptors (Lipinski definition) is 5. The number of anilines is 1. The third-order valence-corrected chi connectivity index (χ3v) is 5.85. The van der Waals surface area contributed by atoms with Crippen molar-refractivity contribution in [2.45, 2.75) is 44.9 Å². The van der Waals surface area contributed by atoms with Gasteiger partial charge in [-0.05, 0) is 49.4 Å². The second-order valence-electron chi connectivity index (χ2n) is 8.40. The van der Waals surface area contributed by atoms with Crippen LogP contribution in [0.3, 0.4) is 0 Å². The maximum absolute atomic E-state index is 13.0. The van der Waals surface area contributed by atoms with E-state index in [-0.39, 0.29) is 23.9 Å². The maximum atomic E-state index is 13.0. The number of nitrogen functional groups attached to an aromatic ring is 1. The Balaban J connectivity index is 1.42. The lowest BCUT2D eigenvalue weighted by atomic mass is 10.1. The number of hydrogen-bond donors (Lipinski definition) is 2. The first-order valence-electron chi connectivity index (χ1n) is 10.8. The van der Waals surface area contributed by atoms with Crippen molar-refractivity contribution in [3.8, 4) is 11.1 Å². The molecule has 0 saturated heterocycles. The quantitative estimate of drug-likeness (QED) is 0.590. The number of aromatic nitrogens is 3. The van der Waals surface area contributed by atoms with Crippen molar-refractivity contribution in [3.63, 3.8) is 0 Å². The molecule has 2 heterocycles. The maximum Gasteiger partial charge on any atom is 0.255 e. The first-order valence-corrected chi connectivity index (χ1v) is 10.8. The van der Waals surface area contributed by atoms with Gasteiger partial charge in [-0.1, -0.05) is 30.4 Å². The monoisotopic (exact) mass is 431 g/mol. The van der Waals surface area contributed by atoms with Crippen molar-refractivity contribution in [1.82, 2.24) is 20.1 Å². The molecule has 0 spiro atoms. The number of nitrogens with one attached hydrogen (secondary N) is 1. The van der Waals surface area contributed by atoms with E-state index in [2.05, 4.69) is 28.0 Å². The van der Waals surface area contributed by atoms with Crippen molar-refractivity contribution in [2.75, 3.05) is 5.73 Å². The lowest BCUT2D eigenvalue weighted by molar-refractivity contribution is 0.0272. The van der Waals surface area contributed by atoms with Crippen LogP contribution in [-0.2, 0) is 18.4 Å². The van der Waals surface area contributed by atoms with Gasteiger partial charge in [0, 0.05) is 30.6 Å². The van der Waals surface area contributed by atoms with Crippen LogP contribution >= 0.6 is 0 Å². The van der Waals surface area contributed by atoms with E-state index in [1.807, 2.05) is 38.4 Å². The highest BCUT2D eigenvalue weighted by Crippen LogP contribution is 2.26. The van der Waals surface area contributed by atoms with E-state index >= 15 is 0 Å². The summed E-state index contributed by atoms with van der Waals surface area (Å²) in [4.78, 5) is 17.3. The zero-order valence-electron chi connectivity index (χ0n) is 18.5. The van der Waals surface area contributed by atoms with Crippen LogP contribution in [-0.4, -0.2) is 32.8 Å². The van der Waals surface area contributed by atoms with E-state index in [1.54, 1.807) is 23.1 Å². The predicted octanol–water partition coefficient (Wildman–Crippen LogP) is 3.97. The van der Waals surface area contributed by atoms with Crippen LogP contribution in [0.2, 0.25) is 0 Å². The summed E-state index contributed by atoms with van der Waals surface area (Å²) in [6.07, 6.45) is 8.01. The van der Waals surface area contributed by atoms with E-state index in [4.69, 9.17) is 10.5 Å². The van der Waals surface area contributed by atoms with Gasteiger partial charge in [0.15, 0.2) is 0 Å². The Morgan fingerprint density at radius 1 is 1.28 bits per heavy atom. The number of nitrogens with two attached hydrogens (primary N) is 1. The highest BCUT2D eigenvalue weighted by Gasteiger charge is 2.30. The van der Waals surface area contributed by atoms with Gasteiger partial charge in [0.2, 0.25) is 0 Å². The summed E-state index contributed by atoms with van der Waals surface area (Å²) in [6, 6.07) is 9.91. The Bertz CT molecular complexity index is 1140. The van der Waals surface area contributed by atoms with Gasteiger partial charge in [0.25, 0.3) is 5.91 Å². The number of rotatable bonds is 7. The van der Waals surface area contributed by atoms with Crippen LogP contribution in [0.15, 0.2) is 55.5 Å². The third-order valence-electron chi connectivity index (χ3n) is 5.85. The zero-order chi connectivity index (χ0) is 22.7. The molecule has 1 aliphatic carbocycles. The molecule has 1 amide bonds. The second kappa shape index (κ2) is 9.36. The number of allylic oxidation sites excluding steroid dienone is 1. The van der Waals surface area contributed by atoms with Crippen LogP contribution < -0.4 is 11.1 Å². The van der Waals surface area contributed by atoms with Gasteiger partial charge < -0.3 is 15.8 Å². The van der Waals surface area contributed by atoms with Crippen molar-refractivity contribution >= 4 is 17.3 Å². The molecule has 7 heteroatoms. The van der Waals surface area contributed by atoms with Crippen molar-refractivity contribution < 1.29 is 9.53 Å². The summed E-state index contributed by atoms with van der Waals surface area (Å²) in [6.45, 7) is 6.49. The standard InChI is InChI=1S/C25H29N5O2/c1-16(2)18-7-4-6-17(10-18)15-32-23-9-5-8-22(23)29-25(31)21-11-19(12-27-24(21)26)20-13-28-30(3)14-20/h4,6-7,10-14,22-23H,1,5,8-9,15H2,2-3H3,(H2,26,27)(H,29,31)/t22-,23-/m0/s1. The summed E-state index contributed by atoms with van der Waals surface area (Å²) < 4.78 is 7.90. The topological polar surface area (TPSA) is 95.1 Å². The molecule has 1 aliphatic rings. The number of carbonyl (C=O) groups is 1. The normalized spacial score (nSPS) is 17.9. The second-order valence-corrected chi connectivity index (χ2v) is 8.40. The van der Waals surface area contributed by atoms with Crippen molar-refractivity contribution in [3.05, 3.63) is 72.2 Å².